The molecule has 2 fully saturated rings. The van der Waals surface area contributed by atoms with Crippen molar-refractivity contribution in [2.24, 2.45) is 10.9 Å². The molecule has 1 saturated heterocycles. The van der Waals surface area contributed by atoms with Crippen LogP contribution in [0.1, 0.15) is 50.2 Å². The zero-order valence-electron chi connectivity index (χ0n) is 18.7. The molecule has 1 unspecified atom stereocenters. The molecule has 2 aromatic rings. The van der Waals surface area contributed by atoms with E-state index < -0.39 is 0 Å². The third kappa shape index (κ3) is 5.54. The van der Waals surface area contributed by atoms with Crippen molar-refractivity contribution in [2.45, 2.75) is 57.9 Å². The van der Waals surface area contributed by atoms with E-state index in [1.54, 1.807) is 0 Å². The molecule has 3 N–H and O–H groups in total. The fraction of sp³-hybridized carbons (Fsp3) is 0.583. The van der Waals surface area contributed by atoms with Gasteiger partial charge in [-0.15, -0.1) is 24.0 Å². The van der Waals surface area contributed by atoms with E-state index in [9.17, 15) is 4.79 Å². The van der Waals surface area contributed by atoms with Crippen LogP contribution in [0.3, 0.4) is 0 Å². The molecule has 170 valence electrons. The Labute approximate surface area is 202 Å². The van der Waals surface area contributed by atoms with Crippen molar-refractivity contribution in [1.29, 1.82) is 0 Å². The van der Waals surface area contributed by atoms with E-state index in [-0.39, 0.29) is 35.9 Å². The van der Waals surface area contributed by atoms with Crippen molar-refractivity contribution in [3.63, 3.8) is 0 Å². The van der Waals surface area contributed by atoms with Gasteiger partial charge in [-0.1, -0.05) is 38.0 Å². The molecule has 31 heavy (non-hydrogen) atoms. The molecule has 0 radical (unpaired) electrons. The summed E-state index contributed by atoms with van der Waals surface area (Å²) >= 11 is 0. The largest absolute Gasteiger partial charge is 0.361 e. The smallest absolute Gasteiger partial charge is 0.225 e. The van der Waals surface area contributed by atoms with Crippen LogP contribution < -0.4 is 10.6 Å². The number of hydrogen-bond donors (Lipinski definition) is 3. The number of aromatic nitrogens is 1. The Morgan fingerprint density at radius 3 is 2.77 bits per heavy atom. The standard InChI is InChI=1S/C24H35N5O.HI/c1-3-17-9-6-10-21-19(15-27-22(17)21)11-13-26-24(25-2)28-20-12-14-29(16-20)23(30)18-7-4-5-8-18;/h6,9-10,15,18,20,27H,3-5,7-8,11-14,16H2,1-2H3,(H2,25,26,28);1H. The average Bonchev–Trinajstić information content (AvgIpc) is 3.53. The number of para-hydroxylation sites is 1. The van der Waals surface area contributed by atoms with E-state index in [1.807, 2.05) is 7.05 Å². The number of fused-ring (bicyclic) bond motifs is 1. The molecule has 6 nitrogen and oxygen atoms in total. The van der Waals surface area contributed by atoms with Gasteiger partial charge in [0.2, 0.25) is 5.91 Å². The number of H-pyrrole nitrogens is 1. The summed E-state index contributed by atoms with van der Waals surface area (Å²) in [5, 5.41) is 8.28. The van der Waals surface area contributed by atoms with Gasteiger partial charge in [-0.05, 0) is 43.2 Å². The Bertz CT molecular complexity index is 903. The number of halogens is 1. The van der Waals surface area contributed by atoms with E-state index in [0.29, 0.717) is 5.91 Å². The zero-order valence-corrected chi connectivity index (χ0v) is 21.1. The van der Waals surface area contributed by atoms with E-state index in [4.69, 9.17) is 0 Å². The molecule has 2 aliphatic rings. The van der Waals surface area contributed by atoms with E-state index in [0.717, 1.165) is 57.7 Å². The van der Waals surface area contributed by atoms with Crippen LogP contribution in [0.4, 0.5) is 0 Å². The first-order valence-electron chi connectivity index (χ1n) is 11.5. The van der Waals surface area contributed by atoms with Crippen LogP contribution in [0.25, 0.3) is 10.9 Å². The van der Waals surface area contributed by atoms with Crippen molar-refractivity contribution in [3.05, 3.63) is 35.5 Å². The number of aliphatic imine (C=N–C) groups is 1. The molecule has 1 amide bonds. The van der Waals surface area contributed by atoms with Gasteiger partial charge in [-0.25, -0.2) is 0 Å². The second kappa shape index (κ2) is 11.2. The van der Waals surface area contributed by atoms with Crippen LogP contribution in [0.5, 0.6) is 0 Å². The molecule has 1 aliphatic heterocycles. The first-order valence-corrected chi connectivity index (χ1v) is 11.5. The number of benzene rings is 1. The molecule has 1 atom stereocenters. The second-order valence-electron chi connectivity index (χ2n) is 8.65. The van der Waals surface area contributed by atoms with Gasteiger partial charge in [-0.3, -0.25) is 9.79 Å². The van der Waals surface area contributed by atoms with Crippen molar-refractivity contribution < 1.29 is 4.79 Å². The topological polar surface area (TPSA) is 72.5 Å². The van der Waals surface area contributed by atoms with Gasteiger partial charge in [-0.2, -0.15) is 0 Å². The Hall–Kier alpha value is -1.77. The Balaban J connectivity index is 0.00000272. The molecule has 2 heterocycles. The molecule has 1 aromatic carbocycles. The highest BCUT2D eigenvalue weighted by Crippen LogP contribution is 2.28. The lowest BCUT2D eigenvalue weighted by Gasteiger charge is -2.21. The van der Waals surface area contributed by atoms with E-state index >= 15 is 0 Å². The second-order valence-corrected chi connectivity index (χ2v) is 8.65. The third-order valence-corrected chi connectivity index (χ3v) is 6.72. The zero-order chi connectivity index (χ0) is 20.9. The Morgan fingerprint density at radius 1 is 1.23 bits per heavy atom. The van der Waals surface area contributed by atoms with Gasteiger partial charge in [0.1, 0.15) is 0 Å². The highest BCUT2D eigenvalue weighted by molar-refractivity contribution is 14.0. The first-order chi connectivity index (χ1) is 14.7. The lowest BCUT2D eigenvalue weighted by molar-refractivity contribution is -0.134. The van der Waals surface area contributed by atoms with Crippen LogP contribution in [-0.4, -0.2) is 54.5 Å². The summed E-state index contributed by atoms with van der Waals surface area (Å²) in [6, 6.07) is 6.81. The number of nitrogens with one attached hydrogen (secondary N) is 3. The van der Waals surface area contributed by atoms with Crippen LogP contribution in [0.2, 0.25) is 0 Å². The highest BCUT2D eigenvalue weighted by atomic mass is 127. The number of amides is 1. The van der Waals surface area contributed by atoms with Crippen LogP contribution in [0, 0.1) is 5.92 Å². The van der Waals surface area contributed by atoms with Gasteiger partial charge in [0.05, 0.1) is 0 Å². The Kier molecular flexibility index (Phi) is 8.63. The van der Waals surface area contributed by atoms with Crippen LogP contribution >= 0.6 is 24.0 Å². The Morgan fingerprint density at radius 2 is 2.03 bits per heavy atom. The lowest BCUT2D eigenvalue weighted by Crippen LogP contribution is -2.45. The van der Waals surface area contributed by atoms with Gasteiger partial charge in [0.25, 0.3) is 0 Å². The number of carbonyl (C=O) groups excluding carboxylic acids is 1. The lowest BCUT2D eigenvalue weighted by atomic mass is 10.1. The molecular formula is C24H36IN5O. The number of hydrogen-bond acceptors (Lipinski definition) is 2. The minimum Gasteiger partial charge on any atom is -0.361 e. The number of nitrogens with zero attached hydrogens (tertiary/aromatic N) is 2. The molecule has 1 saturated carbocycles. The summed E-state index contributed by atoms with van der Waals surface area (Å²) in [6.07, 6.45) is 9.65. The molecule has 7 heteroatoms. The summed E-state index contributed by atoms with van der Waals surface area (Å²) < 4.78 is 0. The van der Waals surface area contributed by atoms with Crippen molar-refractivity contribution in [3.8, 4) is 0 Å². The number of aromatic amines is 1. The third-order valence-electron chi connectivity index (χ3n) is 6.72. The molecule has 4 rings (SSSR count). The molecule has 1 aliphatic carbocycles. The summed E-state index contributed by atoms with van der Waals surface area (Å²) in [7, 11) is 1.81. The van der Waals surface area contributed by atoms with Gasteiger partial charge >= 0.3 is 0 Å². The van der Waals surface area contributed by atoms with Crippen LogP contribution in [-0.2, 0) is 17.6 Å². The molecule has 0 bridgehead atoms. The number of likely N-dealkylation sites (tertiary alicyclic amines) is 1. The predicted octanol–water partition coefficient (Wildman–Crippen LogP) is 3.85. The fourth-order valence-electron chi connectivity index (χ4n) is 4.99. The fourth-order valence-corrected chi connectivity index (χ4v) is 4.99. The molecule has 1 aromatic heterocycles. The predicted molar refractivity (Wildman–Crippen MR) is 138 cm³/mol. The quantitative estimate of drug-likeness (QED) is 0.298. The van der Waals surface area contributed by atoms with Gasteiger partial charge < -0.3 is 20.5 Å². The average molecular weight is 537 g/mol. The minimum absolute atomic E-state index is 0. The van der Waals surface area contributed by atoms with E-state index in [2.05, 4.69) is 56.8 Å². The maximum atomic E-state index is 12.7. The van der Waals surface area contributed by atoms with Crippen molar-refractivity contribution in [2.75, 3.05) is 26.7 Å². The maximum absolute atomic E-state index is 12.7. The minimum atomic E-state index is 0. The van der Waals surface area contributed by atoms with E-state index in [1.165, 1.54) is 34.9 Å². The molecule has 0 spiro atoms. The highest BCUT2D eigenvalue weighted by Gasteiger charge is 2.32. The van der Waals surface area contributed by atoms with Crippen LogP contribution in [0.15, 0.2) is 29.4 Å². The van der Waals surface area contributed by atoms with Gasteiger partial charge in [0.15, 0.2) is 5.96 Å². The summed E-state index contributed by atoms with van der Waals surface area (Å²) in [6.45, 7) is 4.66. The maximum Gasteiger partial charge on any atom is 0.225 e. The summed E-state index contributed by atoms with van der Waals surface area (Å²) in [4.78, 5) is 22.5. The number of rotatable bonds is 6. The SMILES string of the molecule is CCc1cccc2c(CCNC(=NC)NC3CCN(C(=O)C4CCCC4)C3)c[nH]c12.I. The monoisotopic (exact) mass is 537 g/mol. The van der Waals surface area contributed by atoms with Crippen molar-refractivity contribution >= 4 is 46.7 Å². The summed E-state index contributed by atoms with van der Waals surface area (Å²) in [5.74, 6) is 1.46. The van der Waals surface area contributed by atoms with Crippen molar-refractivity contribution in [1.82, 2.24) is 20.5 Å². The van der Waals surface area contributed by atoms with Gasteiger partial charge in [0, 0.05) is 55.7 Å². The number of carbonyl (C=O) groups is 1. The number of guanidine groups is 1. The number of aryl methyl sites for hydroxylation is 1. The molecular weight excluding hydrogens is 501 g/mol. The summed E-state index contributed by atoms with van der Waals surface area (Å²) in [5.41, 5.74) is 3.95. The normalized spacial score (nSPS) is 19.6. The first kappa shape index (κ1) is 23.9.